The third-order valence-electron chi connectivity index (χ3n) is 2.51. The fraction of sp³-hybridized carbons (Fsp3) is 0.786. The summed E-state index contributed by atoms with van der Waals surface area (Å²) in [6.07, 6.45) is 11.8. The molecule has 0 heterocycles. The van der Waals surface area contributed by atoms with Gasteiger partial charge >= 0.3 is 5.97 Å². The Labute approximate surface area is 100 Å². The SMILES string of the molecule is C=CCCCCCCCCC(=O)OCCC. The topological polar surface area (TPSA) is 26.3 Å². The molecule has 0 aromatic heterocycles. The molecule has 2 nitrogen and oxygen atoms in total. The maximum atomic E-state index is 11.1. The molecule has 0 saturated heterocycles. The van der Waals surface area contributed by atoms with E-state index in [0.29, 0.717) is 13.0 Å². The van der Waals surface area contributed by atoms with Crippen LogP contribution >= 0.6 is 0 Å². The number of ether oxygens (including phenoxy) is 1. The van der Waals surface area contributed by atoms with Crippen molar-refractivity contribution in [3.8, 4) is 0 Å². The first-order valence-electron chi connectivity index (χ1n) is 6.57. The average Bonchev–Trinajstić information content (AvgIpc) is 2.30. The summed E-state index contributed by atoms with van der Waals surface area (Å²) >= 11 is 0. The highest BCUT2D eigenvalue weighted by Crippen LogP contribution is 2.09. The standard InChI is InChI=1S/C14H26O2/c1-3-5-6-7-8-9-10-11-12-14(15)16-13-4-2/h3H,1,4-13H2,2H3. The van der Waals surface area contributed by atoms with E-state index in [1.54, 1.807) is 0 Å². The molecule has 0 spiro atoms. The smallest absolute Gasteiger partial charge is 0.305 e. The quantitative estimate of drug-likeness (QED) is 0.299. The summed E-state index contributed by atoms with van der Waals surface area (Å²) < 4.78 is 5.00. The van der Waals surface area contributed by atoms with Gasteiger partial charge in [0.1, 0.15) is 0 Å². The fourth-order valence-corrected chi connectivity index (χ4v) is 1.55. The number of esters is 1. The Morgan fingerprint density at radius 2 is 1.75 bits per heavy atom. The van der Waals surface area contributed by atoms with Gasteiger partial charge in [0, 0.05) is 6.42 Å². The molecule has 0 aliphatic rings. The highest BCUT2D eigenvalue weighted by Gasteiger charge is 2.00. The van der Waals surface area contributed by atoms with Crippen molar-refractivity contribution in [3.05, 3.63) is 12.7 Å². The number of hydrogen-bond acceptors (Lipinski definition) is 2. The monoisotopic (exact) mass is 226 g/mol. The van der Waals surface area contributed by atoms with Gasteiger partial charge < -0.3 is 4.74 Å². The van der Waals surface area contributed by atoms with Crippen molar-refractivity contribution in [2.45, 2.75) is 64.7 Å². The Bertz CT molecular complexity index is 176. The highest BCUT2D eigenvalue weighted by atomic mass is 16.5. The predicted octanol–water partition coefficient (Wildman–Crippen LogP) is 4.25. The van der Waals surface area contributed by atoms with Gasteiger partial charge in [-0.2, -0.15) is 0 Å². The Kier molecular flexibility index (Phi) is 11.7. The van der Waals surface area contributed by atoms with Crippen LogP contribution in [0.15, 0.2) is 12.7 Å². The van der Waals surface area contributed by atoms with E-state index in [1.807, 2.05) is 13.0 Å². The summed E-state index contributed by atoms with van der Waals surface area (Å²) in [5.74, 6) is -0.0338. The summed E-state index contributed by atoms with van der Waals surface area (Å²) in [4.78, 5) is 11.1. The van der Waals surface area contributed by atoms with Crippen molar-refractivity contribution in [1.29, 1.82) is 0 Å². The third kappa shape index (κ3) is 11.3. The average molecular weight is 226 g/mol. The Hall–Kier alpha value is -0.790. The van der Waals surface area contributed by atoms with Crippen molar-refractivity contribution in [2.24, 2.45) is 0 Å². The second-order valence-electron chi connectivity index (χ2n) is 4.17. The van der Waals surface area contributed by atoms with Crippen molar-refractivity contribution in [1.82, 2.24) is 0 Å². The zero-order chi connectivity index (χ0) is 12.1. The van der Waals surface area contributed by atoms with Crippen LogP contribution in [0.5, 0.6) is 0 Å². The molecule has 0 aromatic carbocycles. The van der Waals surface area contributed by atoms with E-state index in [9.17, 15) is 4.79 Å². The fourth-order valence-electron chi connectivity index (χ4n) is 1.55. The largest absolute Gasteiger partial charge is 0.466 e. The number of allylic oxidation sites excluding steroid dienone is 1. The van der Waals surface area contributed by atoms with Gasteiger partial charge in [-0.3, -0.25) is 4.79 Å². The van der Waals surface area contributed by atoms with E-state index in [1.165, 1.54) is 25.7 Å². The van der Waals surface area contributed by atoms with Gasteiger partial charge in [0.25, 0.3) is 0 Å². The van der Waals surface area contributed by atoms with Crippen molar-refractivity contribution >= 4 is 5.97 Å². The minimum atomic E-state index is -0.0338. The molecule has 0 atom stereocenters. The number of carbonyl (C=O) groups is 1. The molecule has 94 valence electrons. The molecule has 0 aliphatic carbocycles. The highest BCUT2D eigenvalue weighted by molar-refractivity contribution is 5.69. The first-order valence-corrected chi connectivity index (χ1v) is 6.57. The Balaban J connectivity index is 3.08. The molecule has 0 N–H and O–H groups in total. The molecular formula is C14H26O2. The maximum absolute atomic E-state index is 11.1. The summed E-state index contributed by atoms with van der Waals surface area (Å²) in [5, 5.41) is 0. The van der Waals surface area contributed by atoms with Crippen LogP contribution in [0.25, 0.3) is 0 Å². The summed E-state index contributed by atoms with van der Waals surface area (Å²) in [7, 11) is 0. The molecule has 0 bridgehead atoms. The Morgan fingerprint density at radius 1 is 1.12 bits per heavy atom. The minimum Gasteiger partial charge on any atom is -0.466 e. The molecule has 16 heavy (non-hydrogen) atoms. The van der Waals surface area contributed by atoms with Crippen LogP contribution in [-0.4, -0.2) is 12.6 Å². The predicted molar refractivity (Wildman–Crippen MR) is 68.4 cm³/mol. The summed E-state index contributed by atoms with van der Waals surface area (Å²) in [6.45, 7) is 6.28. The number of carbonyl (C=O) groups excluding carboxylic acids is 1. The molecule has 0 fully saturated rings. The van der Waals surface area contributed by atoms with Gasteiger partial charge in [-0.25, -0.2) is 0 Å². The third-order valence-corrected chi connectivity index (χ3v) is 2.51. The van der Waals surface area contributed by atoms with E-state index in [0.717, 1.165) is 25.7 Å². The normalized spacial score (nSPS) is 10.1. The molecule has 0 aromatic rings. The second-order valence-corrected chi connectivity index (χ2v) is 4.17. The summed E-state index contributed by atoms with van der Waals surface area (Å²) in [5.41, 5.74) is 0. The van der Waals surface area contributed by atoms with Crippen molar-refractivity contribution in [2.75, 3.05) is 6.61 Å². The van der Waals surface area contributed by atoms with E-state index in [2.05, 4.69) is 6.58 Å². The first-order chi connectivity index (χ1) is 7.81. The van der Waals surface area contributed by atoms with Crippen LogP contribution in [-0.2, 0) is 9.53 Å². The maximum Gasteiger partial charge on any atom is 0.305 e. The molecule has 0 radical (unpaired) electrons. The molecular weight excluding hydrogens is 200 g/mol. The van der Waals surface area contributed by atoms with E-state index < -0.39 is 0 Å². The molecule has 0 aliphatic heterocycles. The van der Waals surface area contributed by atoms with Gasteiger partial charge in [-0.15, -0.1) is 6.58 Å². The molecule has 0 rings (SSSR count). The van der Waals surface area contributed by atoms with Crippen molar-refractivity contribution in [3.63, 3.8) is 0 Å². The van der Waals surface area contributed by atoms with E-state index in [4.69, 9.17) is 4.74 Å². The zero-order valence-corrected chi connectivity index (χ0v) is 10.7. The van der Waals surface area contributed by atoms with Gasteiger partial charge in [-0.05, 0) is 25.7 Å². The van der Waals surface area contributed by atoms with Gasteiger partial charge in [0.2, 0.25) is 0 Å². The number of unbranched alkanes of at least 4 members (excludes halogenated alkanes) is 6. The van der Waals surface area contributed by atoms with Crippen LogP contribution in [0.1, 0.15) is 64.7 Å². The van der Waals surface area contributed by atoms with Crippen LogP contribution in [0.3, 0.4) is 0 Å². The van der Waals surface area contributed by atoms with Crippen LogP contribution < -0.4 is 0 Å². The van der Waals surface area contributed by atoms with Crippen LogP contribution in [0.2, 0.25) is 0 Å². The lowest BCUT2D eigenvalue weighted by Gasteiger charge is -2.03. The zero-order valence-electron chi connectivity index (χ0n) is 10.7. The second kappa shape index (κ2) is 12.3. The van der Waals surface area contributed by atoms with Gasteiger partial charge in [0.15, 0.2) is 0 Å². The minimum absolute atomic E-state index is 0.0338. The van der Waals surface area contributed by atoms with E-state index in [-0.39, 0.29) is 5.97 Å². The number of hydrogen-bond donors (Lipinski definition) is 0. The molecule has 0 unspecified atom stereocenters. The van der Waals surface area contributed by atoms with Gasteiger partial charge in [-0.1, -0.05) is 38.7 Å². The molecule has 2 heteroatoms. The lowest BCUT2D eigenvalue weighted by molar-refractivity contribution is -0.143. The number of rotatable bonds is 11. The van der Waals surface area contributed by atoms with E-state index >= 15 is 0 Å². The van der Waals surface area contributed by atoms with Crippen LogP contribution in [0, 0.1) is 0 Å². The lowest BCUT2D eigenvalue weighted by Crippen LogP contribution is -2.04. The van der Waals surface area contributed by atoms with Crippen LogP contribution in [0.4, 0.5) is 0 Å². The van der Waals surface area contributed by atoms with Crippen molar-refractivity contribution < 1.29 is 9.53 Å². The molecule has 0 amide bonds. The van der Waals surface area contributed by atoms with Gasteiger partial charge in [0.05, 0.1) is 6.61 Å². The lowest BCUT2D eigenvalue weighted by atomic mass is 10.1. The summed E-state index contributed by atoms with van der Waals surface area (Å²) in [6, 6.07) is 0. The Morgan fingerprint density at radius 3 is 2.38 bits per heavy atom. The molecule has 0 saturated carbocycles. The first kappa shape index (κ1) is 15.2.